The lowest BCUT2D eigenvalue weighted by molar-refractivity contribution is -0.384. The molecule has 0 aliphatic heterocycles. The van der Waals surface area contributed by atoms with Crippen LogP contribution in [0.25, 0.3) is 16.7 Å². The van der Waals surface area contributed by atoms with Crippen molar-refractivity contribution in [1.29, 1.82) is 0 Å². The minimum Gasteiger partial charge on any atom is -0.294 e. The van der Waals surface area contributed by atoms with E-state index in [1.165, 1.54) is 29.3 Å². The van der Waals surface area contributed by atoms with Gasteiger partial charge in [0.1, 0.15) is 11.7 Å². The van der Waals surface area contributed by atoms with E-state index in [1.807, 2.05) is 31.2 Å². The number of aromatic nitrogens is 4. The largest absolute Gasteiger partial charge is 0.294 e. The normalized spacial score (nSPS) is 11.0. The molecular weight excluding hydrogens is 346 g/mol. The van der Waals surface area contributed by atoms with E-state index in [4.69, 9.17) is 0 Å². The van der Waals surface area contributed by atoms with Crippen LogP contribution in [0.15, 0.2) is 65.8 Å². The summed E-state index contributed by atoms with van der Waals surface area (Å²) < 4.78 is 3.05. The van der Waals surface area contributed by atoms with E-state index in [9.17, 15) is 14.9 Å². The third-order valence-corrected chi connectivity index (χ3v) is 4.46. The summed E-state index contributed by atoms with van der Waals surface area (Å²) in [6.45, 7) is 2.43. The standard InChI is InChI=1S/C19H15N5O3/c1-13-4-2-3-5-14(13)11-22-12-20-18-17(19(22)25)10-21-23(18)15-6-8-16(9-7-15)24(26)27/h2-10,12H,11H2,1H3. The van der Waals surface area contributed by atoms with E-state index in [0.717, 1.165) is 11.1 Å². The molecule has 0 saturated carbocycles. The van der Waals surface area contributed by atoms with Crippen LogP contribution in [0.5, 0.6) is 0 Å². The molecule has 0 atom stereocenters. The zero-order chi connectivity index (χ0) is 19.0. The van der Waals surface area contributed by atoms with E-state index in [2.05, 4.69) is 10.1 Å². The van der Waals surface area contributed by atoms with E-state index in [0.29, 0.717) is 23.3 Å². The number of aryl methyl sites for hydroxylation is 1. The first-order chi connectivity index (χ1) is 13.0. The summed E-state index contributed by atoms with van der Waals surface area (Å²) in [4.78, 5) is 27.5. The van der Waals surface area contributed by atoms with Crippen LogP contribution in [0.4, 0.5) is 5.69 Å². The monoisotopic (exact) mass is 361 g/mol. The summed E-state index contributed by atoms with van der Waals surface area (Å²) in [5.41, 5.74) is 2.96. The number of non-ortho nitro benzene ring substituents is 1. The molecule has 2 heterocycles. The summed E-state index contributed by atoms with van der Waals surface area (Å²) in [5.74, 6) is 0. The molecule has 0 unspecified atom stereocenters. The average molecular weight is 361 g/mol. The average Bonchev–Trinajstić information content (AvgIpc) is 3.10. The number of nitro benzene ring substituents is 1. The first-order valence-corrected chi connectivity index (χ1v) is 8.27. The first kappa shape index (κ1) is 16.6. The van der Waals surface area contributed by atoms with E-state index in [1.54, 1.807) is 16.7 Å². The fraction of sp³-hybridized carbons (Fsp3) is 0.105. The number of rotatable bonds is 4. The van der Waals surface area contributed by atoms with Crippen molar-refractivity contribution in [2.24, 2.45) is 0 Å². The Hall–Kier alpha value is -3.81. The van der Waals surface area contributed by atoms with Crippen molar-refractivity contribution in [3.63, 3.8) is 0 Å². The molecule has 0 fully saturated rings. The number of hydrogen-bond acceptors (Lipinski definition) is 5. The van der Waals surface area contributed by atoms with Crippen LogP contribution in [-0.4, -0.2) is 24.3 Å². The highest BCUT2D eigenvalue weighted by molar-refractivity contribution is 5.75. The molecule has 2 aromatic carbocycles. The van der Waals surface area contributed by atoms with Crippen LogP contribution in [0, 0.1) is 17.0 Å². The fourth-order valence-corrected chi connectivity index (χ4v) is 2.94. The SMILES string of the molecule is Cc1ccccc1Cn1cnc2c(cnn2-c2ccc([N+](=O)[O-])cc2)c1=O. The Morgan fingerprint density at radius 2 is 1.85 bits per heavy atom. The molecule has 0 bridgehead atoms. The van der Waals surface area contributed by atoms with Crippen molar-refractivity contribution in [2.75, 3.05) is 0 Å². The van der Waals surface area contributed by atoms with Gasteiger partial charge in [0.15, 0.2) is 5.65 Å². The third-order valence-electron chi connectivity index (χ3n) is 4.46. The van der Waals surface area contributed by atoms with Crippen molar-refractivity contribution in [3.05, 3.63) is 92.7 Å². The second-order valence-corrected chi connectivity index (χ2v) is 6.17. The van der Waals surface area contributed by atoms with Gasteiger partial charge < -0.3 is 0 Å². The van der Waals surface area contributed by atoms with Crippen molar-refractivity contribution < 1.29 is 4.92 Å². The molecule has 0 aliphatic rings. The second-order valence-electron chi connectivity index (χ2n) is 6.17. The molecule has 0 amide bonds. The quantitative estimate of drug-likeness (QED) is 0.411. The minimum absolute atomic E-state index is 0.0104. The number of hydrogen-bond donors (Lipinski definition) is 0. The maximum absolute atomic E-state index is 12.8. The van der Waals surface area contributed by atoms with Crippen LogP contribution in [0.1, 0.15) is 11.1 Å². The second kappa shape index (κ2) is 6.49. The molecule has 0 radical (unpaired) electrons. The van der Waals surface area contributed by atoms with Gasteiger partial charge in [-0.3, -0.25) is 19.5 Å². The van der Waals surface area contributed by atoms with E-state index < -0.39 is 4.92 Å². The van der Waals surface area contributed by atoms with Gasteiger partial charge in [0.25, 0.3) is 11.2 Å². The maximum atomic E-state index is 12.8. The highest BCUT2D eigenvalue weighted by Gasteiger charge is 2.13. The molecule has 134 valence electrons. The zero-order valence-electron chi connectivity index (χ0n) is 14.4. The van der Waals surface area contributed by atoms with E-state index >= 15 is 0 Å². The smallest absolute Gasteiger partial charge is 0.269 e. The maximum Gasteiger partial charge on any atom is 0.269 e. The van der Waals surface area contributed by atoms with Crippen LogP contribution >= 0.6 is 0 Å². The molecule has 8 nitrogen and oxygen atoms in total. The molecule has 4 rings (SSSR count). The summed E-state index contributed by atoms with van der Waals surface area (Å²) in [5, 5.41) is 15.4. The molecule has 0 N–H and O–H groups in total. The highest BCUT2D eigenvalue weighted by Crippen LogP contribution is 2.18. The lowest BCUT2D eigenvalue weighted by atomic mass is 10.1. The Morgan fingerprint density at radius 3 is 2.56 bits per heavy atom. The molecular formula is C19H15N5O3. The van der Waals surface area contributed by atoms with Gasteiger partial charge in [0, 0.05) is 12.1 Å². The number of fused-ring (bicyclic) bond motifs is 1. The Balaban J connectivity index is 1.74. The van der Waals surface area contributed by atoms with Crippen molar-refractivity contribution >= 4 is 16.7 Å². The van der Waals surface area contributed by atoms with Gasteiger partial charge in [-0.2, -0.15) is 5.10 Å². The van der Waals surface area contributed by atoms with Gasteiger partial charge >= 0.3 is 0 Å². The third kappa shape index (κ3) is 2.97. The minimum atomic E-state index is -0.465. The Labute approximate surface area is 153 Å². The summed E-state index contributed by atoms with van der Waals surface area (Å²) in [6.07, 6.45) is 2.97. The fourth-order valence-electron chi connectivity index (χ4n) is 2.94. The van der Waals surface area contributed by atoms with Gasteiger partial charge in [-0.1, -0.05) is 24.3 Å². The van der Waals surface area contributed by atoms with Crippen LogP contribution in [0.2, 0.25) is 0 Å². The zero-order valence-corrected chi connectivity index (χ0v) is 14.4. The number of nitro groups is 1. The molecule has 2 aromatic heterocycles. The summed E-state index contributed by atoms with van der Waals surface area (Å²) >= 11 is 0. The van der Waals surface area contributed by atoms with Crippen molar-refractivity contribution in [2.45, 2.75) is 13.5 Å². The molecule has 0 saturated heterocycles. The van der Waals surface area contributed by atoms with Gasteiger partial charge in [0.05, 0.1) is 23.4 Å². The van der Waals surface area contributed by atoms with Gasteiger partial charge in [-0.15, -0.1) is 0 Å². The lowest BCUT2D eigenvalue weighted by Gasteiger charge is -2.08. The molecule has 8 heteroatoms. The molecule has 4 aromatic rings. The lowest BCUT2D eigenvalue weighted by Crippen LogP contribution is -2.21. The topological polar surface area (TPSA) is 95.8 Å². The van der Waals surface area contributed by atoms with Gasteiger partial charge in [0.2, 0.25) is 0 Å². The highest BCUT2D eigenvalue weighted by atomic mass is 16.6. The van der Waals surface area contributed by atoms with E-state index in [-0.39, 0.29) is 11.2 Å². The number of nitrogens with zero attached hydrogens (tertiary/aromatic N) is 5. The summed E-state index contributed by atoms with van der Waals surface area (Å²) in [7, 11) is 0. The predicted molar refractivity (Wildman–Crippen MR) is 100 cm³/mol. The van der Waals surface area contributed by atoms with Crippen LogP contribution in [-0.2, 0) is 6.54 Å². The molecule has 27 heavy (non-hydrogen) atoms. The van der Waals surface area contributed by atoms with Crippen molar-refractivity contribution in [3.8, 4) is 5.69 Å². The molecule has 0 aliphatic carbocycles. The van der Waals surface area contributed by atoms with Crippen LogP contribution < -0.4 is 5.56 Å². The van der Waals surface area contributed by atoms with Crippen molar-refractivity contribution in [1.82, 2.24) is 19.3 Å². The number of benzene rings is 2. The first-order valence-electron chi connectivity index (χ1n) is 8.27. The Bertz CT molecular complexity index is 1210. The Morgan fingerprint density at radius 1 is 1.11 bits per heavy atom. The van der Waals surface area contributed by atoms with Gasteiger partial charge in [-0.25, -0.2) is 9.67 Å². The van der Waals surface area contributed by atoms with Gasteiger partial charge in [-0.05, 0) is 30.2 Å². The molecule has 0 spiro atoms. The Kier molecular flexibility index (Phi) is 4.00. The van der Waals surface area contributed by atoms with Crippen LogP contribution in [0.3, 0.4) is 0 Å². The summed E-state index contributed by atoms with van der Waals surface area (Å²) in [6, 6.07) is 13.8. The predicted octanol–water partition coefficient (Wildman–Crippen LogP) is 2.85.